The van der Waals surface area contributed by atoms with Crippen molar-refractivity contribution in [2.45, 2.75) is 58.4 Å². The maximum Gasteiger partial charge on any atom is 0.306 e. The molecule has 1 rings (SSSR count). The number of nitrogens with zero attached hydrogens (tertiary/aromatic N) is 1. The summed E-state index contributed by atoms with van der Waals surface area (Å²) in [6, 6.07) is 9.77. The van der Waals surface area contributed by atoms with Gasteiger partial charge in [0.2, 0.25) is 0 Å². The summed E-state index contributed by atoms with van der Waals surface area (Å²) < 4.78 is 11.5. The van der Waals surface area contributed by atoms with Crippen LogP contribution in [0.1, 0.15) is 39.2 Å². The van der Waals surface area contributed by atoms with Crippen molar-refractivity contribution in [3.63, 3.8) is 0 Å². The molecule has 0 saturated heterocycles. The molecule has 0 fully saturated rings. The van der Waals surface area contributed by atoms with Crippen LogP contribution in [0, 0.1) is 0 Å². The third-order valence-corrected chi connectivity index (χ3v) is 9.44. The topological polar surface area (TPSA) is 38.8 Å². The van der Waals surface area contributed by atoms with E-state index in [0.717, 1.165) is 31.7 Å². The summed E-state index contributed by atoms with van der Waals surface area (Å²) in [4.78, 5) is 14.0. The molecular formula is C20H35NO3Si. The normalized spacial score (nSPS) is 12.4. The van der Waals surface area contributed by atoms with Crippen molar-refractivity contribution < 1.29 is 14.0 Å². The molecule has 0 bridgehead atoms. The Morgan fingerprint density at radius 2 is 1.76 bits per heavy atom. The van der Waals surface area contributed by atoms with Crippen LogP contribution in [-0.4, -0.2) is 45.9 Å². The molecule has 0 spiro atoms. The van der Waals surface area contributed by atoms with Gasteiger partial charge in [0, 0.05) is 19.6 Å². The molecule has 0 unspecified atom stereocenters. The van der Waals surface area contributed by atoms with Crippen LogP contribution in [0.25, 0.3) is 0 Å². The molecule has 0 N–H and O–H groups in total. The molecule has 0 aliphatic heterocycles. The van der Waals surface area contributed by atoms with Crippen LogP contribution in [0.5, 0.6) is 0 Å². The number of benzene rings is 1. The second kappa shape index (κ2) is 10.1. The highest BCUT2D eigenvalue weighted by Crippen LogP contribution is 2.36. The smallest absolute Gasteiger partial charge is 0.306 e. The zero-order chi connectivity index (χ0) is 18.9. The van der Waals surface area contributed by atoms with Crippen molar-refractivity contribution >= 4 is 14.3 Å². The van der Waals surface area contributed by atoms with Crippen LogP contribution in [0.15, 0.2) is 30.3 Å². The zero-order valence-corrected chi connectivity index (χ0v) is 17.8. The number of likely N-dealkylation sites (N-methyl/N-ethyl adjacent to an activating group) is 1. The fourth-order valence-corrected chi connectivity index (χ4v) is 3.12. The Bertz CT molecular complexity index is 511. The first-order valence-electron chi connectivity index (χ1n) is 9.14. The SMILES string of the molecule is CN(CCCC(=O)OCc1ccccc1)CCO[Si](C)(C)C(C)(C)C. The van der Waals surface area contributed by atoms with Crippen LogP contribution in [0.4, 0.5) is 0 Å². The summed E-state index contributed by atoms with van der Waals surface area (Å²) in [6.07, 6.45) is 1.27. The maximum atomic E-state index is 11.8. The quantitative estimate of drug-likeness (QED) is 0.453. The Kier molecular flexibility index (Phi) is 8.83. The molecular weight excluding hydrogens is 330 g/mol. The van der Waals surface area contributed by atoms with E-state index in [9.17, 15) is 4.79 Å². The number of ether oxygens (including phenoxy) is 1. The molecule has 5 heteroatoms. The standard InChI is InChI=1S/C20H35NO3Si/c1-20(2,3)25(5,6)24-16-15-21(4)14-10-13-19(22)23-17-18-11-8-7-9-12-18/h7-9,11-12H,10,13-17H2,1-6H3. The second-order valence-corrected chi connectivity index (χ2v) is 13.0. The van der Waals surface area contributed by atoms with E-state index in [4.69, 9.17) is 9.16 Å². The fourth-order valence-electron chi connectivity index (χ4n) is 2.09. The molecule has 0 saturated carbocycles. The lowest BCUT2D eigenvalue weighted by atomic mass is 10.2. The molecule has 1 aromatic rings. The minimum atomic E-state index is -1.66. The lowest BCUT2D eigenvalue weighted by Gasteiger charge is -2.36. The Balaban J connectivity index is 2.13. The van der Waals surface area contributed by atoms with Crippen LogP contribution >= 0.6 is 0 Å². The van der Waals surface area contributed by atoms with Crippen LogP contribution in [0.3, 0.4) is 0 Å². The van der Waals surface area contributed by atoms with Crippen molar-refractivity contribution in [2.24, 2.45) is 0 Å². The van der Waals surface area contributed by atoms with Crippen molar-refractivity contribution in [3.8, 4) is 0 Å². The van der Waals surface area contributed by atoms with Gasteiger partial charge in [-0.25, -0.2) is 0 Å². The number of hydrogen-bond acceptors (Lipinski definition) is 4. The minimum absolute atomic E-state index is 0.130. The van der Waals surface area contributed by atoms with Crippen molar-refractivity contribution in [1.29, 1.82) is 0 Å². The average Bonchev–Trinajstić information content (AvgIpc) is 2.52. The number of hydrogen-bond donors (Lipinski definition) is 0. The average molecular weight is 366 g/mol. The van der Waals surface area contributed by atoms with Gasteiger partial charge in [-0.05, 0) is 43.7 Å². The Morgan fingerprint density at radius 3 is 2.36 bits per heavy atom. The molecule has 25 heavy (non-hydrogen) atoms. The van der Waals surface area contributed by atoms with Gasteiger partial charge in [-0.15, -0.1) is 0 Å². The molecule has 0 heterocycles. The van der Waals surface area contributed by atoms with E-state index < -0.39 is 8.32 Å². The highest BCUT2D eigenvalue weighted by atomic mass is 28.4. The minimum Gasteiger partial charge on any atom is -0.461 e. The first-order valence-corrected chi connectivity index (χ1v) is 12.0. The van der Waals surface area contributed by atoms with E-state index in [-0.39, 0.29) is 11.0 Å². The van der Waals surface area contributed by atoms with E-state index in [1.165, 1.54) is 0 Å². The van der Waals surface area contributed by atoms with Crippen molar-refractivity contribution in [3.05, 3.63) is 35.9 Å². The molecule has 0 aliphatic carbocycles. The summed E-state index contributed by atoms with van der Waals surface area (Å²) in [5, 5.41) is 0.244. The van der Waals surface area contributed by atoms with Crippen LogP contribution < -0.4 is 0 Å². The van der Waals surface area contributed by atoms with Crippen LogP contribution in [-0.2, 0) is 20.6 Å². The first kappa shape index (κ1) is 21.9. The van der Waals surface area contributed by atoms with Gasteiger partial charge >= 0.3 is 5.97 Å². The van der Waals surface area contributed by atoms with E-state index in [2.05, 4.69) is 45.8 Å². The third kappa shape index (κ3) is 8.65. The Hall–Kier alpha value is -1.17. The van der Waals surface area contributed by atoms with Gasteiger partial charge in [0.15, 0.2) is 8.32 Å². The Labute approximate surface area is 154 Å². The predicted octanol–water partition coefficient (Wildman–Crippen LogP) is 4.46. The van der Waals surface area contributed by atoms with Crippen molar-refractivity contribution in [2.75, 3.05) is 26.7 Å². The van der Waals surface area contributed by atoms with Gasteiger partial charge in [0.1, 0.15) is 6.61 Å². The highest BCUT2D eigenvalue weighted by Gasteiger charge is 2.36. The molecule has 142 valence electrons. The van der Waals surface area contributed by atoms with E-state index in [1.54, 1.807) is 0 Å². The van der Waals surface area contributed by atoms with Crippen molar-refractivity contribution in [1.82, 2.24) is 4.90 Å². The lowest BCUT2D eigenvalue weighted by Crippen LogP contribution is -2.42. The van der Waals surface area contributed by atoms with Gasteiger partial charge in [-0.3, -0.25) is 4.79 Å². The summed E-state index contributed by atoms with van der Waals surface area (Å²) >= 11 is 0. The summed E-state index contributed by atoms with van der Waals surface area (Å²) in [7, 11) is 0.409. The largest absolute Gasteiger partial charge is 0.461 e. The third-order valence-electron chi connectivity index (χ3n) is 4.91. The zero-order valence-electron chi connectivity index (χ0n) is 16.8. The summed E-state index contributed by atoms with van der Waals surface area (Å²) in [5.74, 6) is -0.130. The second-order valence-electron chi connectivity index (χ2n) is 8.16. The molecule has 1 aromatic carbocycles. The molecule has 0 atom stereocenters. The summed E-state index contributed by atoms with van der Waals surface area (Å²) in [5.41, 5.74) is 1.02. The molecule has 0 aliphatic rings. The van der Waals surface area contributed by atoms with Gasteiger partial charge in [0.05, 0.1) is 0 Å². The van der Waals surface area contributed by atoms with E-state index in [0.29, 0.717) is 13.0 Å². The Morgan fingerprint density at radius 1 is 1.12 bits per heavy atom. The lowest BCUT2D eigenvalue weighted by molar-refractivity contribution is -0.145. The number of carbonyl (C=O) groups excluding carboxylic acids is 1. The molecule has 4 nitrogen and oxygen atoms in total. The predicted molar refractivity (Wildman–Crippen MR) is 106 cm³/mol. The van der Waals surface area contributed by atoms with Crippen LogP contribution in [0.2, 0.25) is 18.1 Å². The monoisotopic (exact) mass is 365 g/mol. The van der Waals surface area contributed by atoms with Gasteiger partial charge < -0.3 is 14.1 Å². The fraction of sp³-hybridized carbons (Fsp3) is 0.650. The molecule has 0 amide bonds. The number of carbonyl (C=O) groups is 1. The first-order chi connectivity index (χ1) is 11.6. The van der Waals surface area contributed by atoms with E-state index >= 15 is 0 Å². The number of esters is 1. The van der Waals surface area contributed by atoms with Gasteiger partial charge in [-0.2, -0.15) is 0 Å². The number of rotatable bonds is 10. The maximum absolute atomic E-state index is 11.8. The van der Waals surface area contributed by atoms with Gasteiger partial charge in [-0.1, -0.05) is 51.1 Å². The molecule has 0 aromatic heterocycles. The summed E-state index contributed by atoms with van der Waals surface area (Å²) in [6.45, 7) is 14.2. The van der Waals surface area contributed by atoms with Gasteiger partial charge in [0.25, 0.3) is 0 Å². The highest BCUT2D eigenvalue weighted by molar-refractivity contribution is 6.74. The molecule has 0 radical (unpaired) electrons. The van der Waals surface area contributed by atoms with E-state index in [1.807, 2.05) is 30.3 Å².